The van der Waals surface area contributed by atoms with Gasteiger partial charge in [-0.15, -0.1) is 0 Å². The first-order valence-electron chi connectivity index (χ1n) is 6.84. The Morgan fingerprint density at radius 2 is 2.25 bits per heavy atom. The molecular formula is C15H23NO4. The van der Waals surface area contributed by atoms with Crippen LogP contribution in [0.4, 0.5) is 0 Å². The van der Waals surface area contributed by atoms with Crippen molar-refractivity contribution in [3.8, 4) is 5.75 Å². The zero-order chi connectivity index (χ0) is 14.8. The van der Waals surface area contributed by atoms with Gasteiger partial charge in [-0.05, 0) is 44.0 Å². The summed E-state index contributed by atoms with van der Waals surface area (Å²) in [4.78, 5) is 0. The van der Waals surface area contributed by atoms with Crippen molar-refractivity contribution in [1.29, 1.82) is 0 Å². The second kappa shape index (κ2) is 6.10. The van der Waals surface area contributed by atoms with E-state index in [0.717, 1.165) is 11.1 Å². The molecule has 5 nitrogen and oxygen atoms in total. The van der Waals surface area contributed by atoms with Crippen LogP contribution in [0, 0.1) is 6.92 Å². The van der Waals surface area contributed by atoms with Gasteiger partial charge < -0.3 is 25.1 Å². The molecule has 0 aliphatic carbocycles. The van der Waals surface area contributed by atoms with Gasteiger partial charge in [-0.2, -0.15) is 0 Å². The van der Waals surface area contributed by atoms with Gasteiger partial charge in [0.1, 0.15) is 18.5 Å². The van der Waals surface area contributed by atoms with Crippen molar-refractivity contribution in [3.05, 3.63) is 29.3 Å². The third-order valence-electron chi connectivity index (χ3n) is 3.34. The Morgan fingerprint density at radius 1 is 1.50 bits per heavy atom. The second-order valence-electron chi connectivity index (χ2n) is 5.53. The van der Waals surface area contributed by atoms with Crippen LogP contribution in [0.5, 0.6) is 5.75 Å². The fourth-order valence-electron chi connectivity index (χ4n) is 2.23. The molecule has 3 N–H and O–H groups in total. The molecule has 1 saturated heterocycles. The average molecular weight is 281 g/mol. The summed E-state index contributed by atoms with van der Waals surface area (Å²) in [5.74, 6) is 0.161. The van der Waals surface area contributed by atoms with Crippen LogP contribution in [0.15, 0.2) is 18.2 Å². The van der Waals surface area contributed by atoms with Gasteiger partial charge >= 0.3 is 0 Å². The number of hydrogen-bond donors (Lipinski definition) is 2. The quantitative estimate of drug-likeness (QED) is 0.856. The monoisotopic (exact) mass is 281 g/mol. The highest BCUT2D eigenvalue weighted by Gasteiger charge is 2.32. The number of rotatable bonds is 5. The summed E-state index contributed by atoms with van der Waals surface area (Å²) >= 11 is 0. The van der Waals surface area contributed by atoms with E-state index in [9.17, 15) is 5.11 Å². The number of aryl methyl sites for hydroxylation is 1. The summed E-state index contributed by atoms with van der Waals surface area (Å²) < 4.78 is 16.9. The van der Waals surface area contributed by atoms with E-state index in [1.54, 1.807) is 0 Å². The summed E-state index contributed by atoms with van der Waals surface area (Å²) in [5.41, 5.74) is 7.30. The molecule has 0 spiro atoms. The summed E-state index contributed by atoms with van der Waals surface area (Å²) in [7, 11) is 0. The molecule has 0 aromatic heterocycles. The van der Waals surface area contributed by atoms with Crippen LogP contribution in [0.3, 0.4) is 0 Å². The Bertz CT molecular complexity index is 461. The first-order valence-corrected chi connectivity index (χ1v) is 6.84. The molecule has 2 atom stereocenters. The highest BCUT2D eigenvalue weighted by atomic mass is 16.7. The van der Waals surface area contributed by atoms with Crippen molar-refractivity contribution in [3.63, 3.8) is 0 Å². The van der Waals surface area contributed by atoms with E-state index in [0.29, 0.717) is 19.0 Å². The van der Waals surface area contributed by atoms with Crippen LogP contribution < -0.4 is 10.5 Å². The smallest absolute Gasteiger partial charge is 0.163 e. The van der Waals surface area contributed by atoms with Gasteiger partial charge in [0.05, 0.1) is 12.7 Å². The van der Waals surface area contributed by atoms with Gasteiger partial charge in [0.2, 0.25) is 0 Å². The predicted molar refractivity (Wildman–Crippen MR) is 75.6 cm³/mol. The minimum Gasteiger partial charge on any atom is -0.491 e. The molecule has 1 aliphatic rings. The van der Waals surface area contributed by atoms with E-state index in [4.69, 9.17) is 19.9 Å². The molecule has 5 heteroatoms. The molecule has 1 aliphatic heterocycles. The molecule has 1 aromatic carbocycles. The lowest BCUT2D eigenvalue weighted by atomic mass is 10.0. The van der Waals surface area contributed by atoms with E-state index >= 15 is 0 Å². The molecule has 1 fully saturated rings. The van der Waals surface area contributed by atoms with Gasteiger partial charge in [-0.3, -0.25) is 0 Å². The molecule has 0 saturated carbocycles. The highest BCUT2D eigenvalue weighted by molar-refractivity contribution is 5.36. The molecule has 112 valence electrons. The van der Waals surface area contributed by atoms with Crippen molar-refractivity contribution in [1.82, 2.24) is 0 Å². The van der Waals surface area contributed by atoms with Crippen LogP contribution in [0.2, 0.25) is 0 Å². The third kappa shape index (κ3) is 3.70. The summed E-state index contributed by atoms with van der Waals surface area (Å²) in [6.45, 7) is 6.84. The zero-order valence-electron chi connectivity index (χ0n) is 12.3. The lowest BCUT2D eigenvalue weighted by molar-refractivity contribution is -0.141. The van der Waals surface area contributed by atoms with Crippen LogP contribution in [0.25, 0.3) is 0 Å². The lowest BCUT2D eigenvalue weighted by Crippen LogP contribution is -2.25. The largest absolute Gasteiger partial charge is 0.491 e. The van der Waals surface area contributed by atoms with E-state index in [1.165, 1.54) is 0 Å². The summed E-state index contributed by atoms with van der Waals surface area (Å²) in [6.07, 6.45) is -0.738. The van der Waals surface area contributed by atoms with Gasteiger partial charge in [-0.1, -0.05) is 6.07 Å². The van der Waals surface area contributed by atoms with Crippen molar-refractivity contribution >= 4 is 0 Å². The highest BCUT2D eigenvalue weighted by Crippen LogP contribution is 2.25. The fraction of sp³-hybridized carbons (Fsp3) is 0.600. The molecule has 1 aromatic rings. The number of benzene rings is 1. The number of aliphatic hydroxyl groups is 1. The summed E-state index contributed by atoms with van der Waals surface area (Å²) in [6, 6.07) is 5.62. The second-order valence-corrected chi connectivity index (χ2v) is 5.53. The van der Waals surface area contributed by atoms with E-state index in [2.05, 4.69) is 0 Å². The zero-order valence-corrected chi connectivity index (χ0v) is 12.3. The normalized spacial score (nSPS) is 22.8. The summed E-state index contributed by atoms with van der Waals surface area (Å²) in [5, 5.41) is 9.86. The molecule has 1 unspecified atom stereocenters. The van der Waals surface area contributed by atoms with Gasteiger partial charge in [0.15, 0.2) is 5.79 Å². The molecule has 0 amide bonds. The maximum atomic E-state index is 9.86. The molecule has 0 bridgehead atoms. The molecular weight excluding hydrogens is 258 g/mol. The molecule has 0 radical (unpaired) electrons. The van der Waals surface area contributed by atoms with Crippen LogP contribution >= 0.6 is 0 Å². The van der Waals surface area contributed by atoms with Crippen molar-refractivity contribution < 1.29 is 19.3 Å². The first-order chi connectivity index (χ1) is 9.41. The molecule has 20 heavy (non-hydrogen) atoms. The van der Waals surface area contributed by atoms with E-state index < -0.39 is 11.9 Å². The number of aliphatic hydroxyl groups excluding tert-OH is 1. The van der Waals surface area contributed by atoms with Crippen molar-refractivity contribution in [2.75, 3.05) is 19.8 Å². The van der Waals surface area contributed by atoms with E-state index in [1.807, 2.05) is 39.0 Å². The van der Waals surface area contributed by atoms with Crippen LogP contribution in [-0.4, -0.2) is 36.8 Å². The number of nitrogens with two attached hydrogens (primary N) is 1. The lowest BCUT2D eigenvalue weighted by Gasteiger charge is -2.18. The number of hydrogen-bond acceptors (Lipinski definition) is 5. The minimum atomic E-state index is -0.663. The SMILES string of the molecule is Cc1ccc(OCC2COC(C)(C)O2)cc1[C@H](O)CN. The Balaban J connectivity index is 1.97. The molecule has 2 rings (SSSR count). The van der Waals surface area contributed by atoms with Gasteiger partial charge in [0, 0.05) is 6.54 Å². The number of ether oxygens (including phenoxy) is 3. The van der Waals surface area contributed by atoms with Crippen LogP contribution in [-0.2, 0) is 9.47 Å². The van der Waals surface area contributed by atoms with Crippen molar-refractivity contribution in [2.24, 2.45) is 5.73 Å². The van der Waals surface area contributed by atoms with Gasteiger partial charge in [-0.25, -0.2) is 0 Å². The Kier molecular flexibility index (Phi) is 4.65. The minimum absolute atomic E-state index is 0.0748. The Labute approximate surface area is 119 Å². The maximum absolute atomic E-state index is 9.86. The maximum Gasteiger partial charge on any atom is 0.163 e. The van der Waals surface area contributed by atoms with E-state index in [-0.39, 0.29) is 12.6 Å². The fourth-order valence-corrected chi connectivity index (χ4v) is 2.23. The third-order valence-corrected chi connectivity index (χ3v) is 3.34. The predicted octanol–water partition coefficient (Wildman–Crippen LogP) is 1.52. The standard InChI is InChI=1S/C15H23NO4/c1-10-4-5-11(6-13(10)14(17)7-16)18-8-12-9-19-15(2,3)20-12/h4-6,12,14,17H,7-9,16H2,1-3H3/t12?,14-/m1/s1. The van der Waals surface area contributed by atoms with Gasteiger partial charge in [0.25, 0.3) is 0 Å². The average Bonchev–Trinajstić information content (AvgIpc) is 2.76. The topological polar surface area (TPSA) is 73.9 Å². The first kappa shape index (κ1) is 15.3. The van der Waals surface area contributed by atoms with Crippen molar-refractivity contribution in [2.45, 2.75) is 38.8 Å². The van der Waals surface area contributed by atoms with Crippen LogP contribution in [0.1, 0.15) is 31.1 Å². The Hall–Kier alpha value is -1.14. The Morgan fingerprint density at radius 3 is 2.85 bits per heavy atom. The molecule has 1 heterocycles.